The minimum atomic E-state index is -0.430. The molecular formula is C16H18N8O. The quantitative estimate of drug-likeness (QED) is 0.734. The first-order chi connectivity index (χ1) is 11.9. The molecule has 3 N–H and O–H groups in total. The van der Waals surface area contributed by atoms with E-state index in [2.05, 4.69) is 25.4 Å². The van der Waals surface area contributed by atoms with E-state index in [4.69, 9.17) is 5.73 Å². The molecule has 1 amide bonds. The largest absolute Gasteiger partial charge is 0.396 e. The maximum atomic E-state index is 12.4. The number of nitrogens with one attached hydrogen (secondary N) is 1. The van der Waals surface area contributed by atoms with Crippen molar-refractivity contribution in [1.29, 1.82) is 0 Å². The molecule has 3 aromatic heterocycles. The second-order valence-electron chi connectivity index (χ2n) is 5.65. The van der Waals surface area contributed by atoms with Gasteiger partial charge in [0.1, 0.15) is 11.5 Å². The van der Waals surface area contributed by atoms with Crippen LogP contribution in [0.5, 0.6) is 0 Å². The minimum Gasteiger partial charge on any atom is -0.396 e. The number of nitrogen functional groups attached to an aromatic ring is 1. The summed E-state index contributed by atoms with van der Waals surface area (Å²) in [5.74, 6) is 0.498. The van der Waals surface area contributed by atoms with Gasteiger partial charge in [0.05, 0.1) is 30.0 Å². The van der Waals surface area contributed by atoms with E-state index >= 15 is 0 Å². The number of nitrogens with zero attached hydrogens (tertiary/aromatic N) is 6. The molecule has 0 aromatic carbocycles. The van der Waals surface area contributed by atoms with Gasteiger partial charge < -0.3 is 16.0 Å². The summed E-state index contributed by atoms with van der Waals surface area (Å²) < 4.78 is 1.67. The number of amides is 1. The number of rotatable bonds is 4. The summed E-state index contributed by atoms with van der Waals surface area (Å²) in [5.41, 5.74) is 7.95. The van der Waals surface area contributed by atoms with Crippen molar-refractivity contribution in [2.45, 2.75) is 0 Å². The van der Waals surface area contributed by atoms with Gasteiger partial charge in [0, 0.05) is 32.9 Å². The molecule has 0 aliphatic carbocycles. The molecule has 0 radical (unpaired) electrons. The number of aromatic nitrogens is 5. The van der Waals surface area contributed by atoms with Gasteiger partial charge in [0.2, 0.25) is 0 Å². The lowest BCUT2D eigenvalue weighted by atomic mass is 10.2. The molecule has 0 unspecified atom stereocenters. The normalized spacial score (nSPS) is 10.5. The molecule has 25 heavy (non-hydrogen) atoms. The lowest BCUT2D eigenvalue weighted by molar-refractivity contribution is 0.102. The molecule has 0 saturated heterocycles. The molecule has 3 aromatic rings. The van der Waals surface area contributed by atoms with Crippen molar-refractivity contribution in [2.75, 3.05) is 30.0 Å². The van der Waals surface area contributed by atoms with Gasteiger partial charge in [-0.2, -0.15) is 5.10 Å². The van der Waals surface area contributed by atoms with Crippen molar-refractivity contribution < 1.29 is 4.79 Å². The van der Waals surface area contributed by atoms with E-state index in [0.717, 1.165) is 5.56 Å². The number of pyridine rings is 1. The second kappa shape index (κ2) is 6.56. The molecule has 0 atom stereocenters. The Morgan fingerprint density at radius 1 is 1.20 bits per heavy atom. The highest BCUT2D eigenvalue weighted by atomic mass is 16.2. The molecule has 0 aliphatic rings. The van der Waals surface area contributed by atoms with Gasteiger partial charge in [-0.05, 0) is 12.1 Å². The molecule has 9 nitrogen and oxygen atoms in total. The first-order valence-corrected chi connectivity index (χ1v) is 7.50. The molecule has 3 rings (SSSR count). The van der Waals surface area contributed by atoms with E-state index in [1.165, 1.54) is 12.4 Å². The lowest BCUT2D eigenvalue weighted by Crippen LogP contribution is -2.17. The summed E-state index contributed by atoms with van der Waals surface area (Å²) in [6, 6.07) is 3.46. The minimum absolute atomic E-state index is 0.179. The van der Waals surface area contributed by atoms with Crippen LogP contribution in [-0.2, 0) is 7.05 Å². The predicted molar refractivity (Wildman–Crippen MR) is 95.2 cm³/mol. The van der Waals surface area contributed by atoms with Gasteiger partial charge in [-0.3, -0.25) is 9.48 Å². The van der Waals surface area contributed by atoms with Crippen LogP contribution in [0.3, 0.4) is 0 Å². The van der Waals surface area contributed by atoms with Gasteiger partial charge in [-0.15, -0.1) is 0 Å². The lowest BCUT2D eigenvalue weighted by Gasteiger charge is -2.11. The van der Waals surface area contributed by atoms with Crippen LogP contribution < -0.4 is 16.0 Å². The van der Waals surface area contributed by atoms with Crippen molar-refractivity contribution in [2.24, 2.45) is 7.05 Å². The Kier molecular flexibility index (Phi) is 4.29. The standard InChI is InChI=1S/C16H18N8O/c1-23(2)14-8-18-13(7-19-14)16(25)22-15-11(17)4-5-12(21-15)10-6-20-24(3)9-10/h4-9H,17H2,1-3H3,(H,21,22,25). The maximum Gasteiger partial charge on any atom is 0.277 e. The van der Waals surface area contributed by atoms with E-state index in [-0.39, 0.29) is 11.5 Å². The molecular weight excluding hydrogens is 320 g/mol. The summed E-state index contributed by atoms with van der Waals surface area (Å²) in [4.78, 5) is 26.8. The third-order valence-corrected chi connectivity index (χ3v) is 3.49. The fourth-order valence-corrected chi connectivity index (χ4v) is 2.13. The Hall–Kier alpha value is -3.49. The molecule has 0 bridgehead atoms. The monoisotopic (exact) mass is 338 g/mol. The third kappa shape index (κ3) is 3.55. The average molecular weight is 338 g/mol. The Morgan fingerprint density at radius 2 is 2.00 bits per heavy atom. The van der Waals surface area contributed by atoms with E-state index in [1.54, 1.807) is 27.9 Å². The van der Waals surface area contributed by atoms with Crippen LogP contribution in [-0.4, -0.2) is 44.7 Å². The van der Waals surface area contributed by atoms with Gasteiger partial charge >= 0.3 is 0 Å². The molecule has 3 heterocycles. The van der Waals surface area contributed by atoms with E-state index in [1.807, 2.05) is 27.3 Å². The van der Waals surface area contributed by atoms with Crippen LogP contribution in [0, 0.1) is 0 Å². The van der Waals surface area contributed by atoms with Gasteiger partial charge in [-0.25, -0.2) is 15.0 Å². The van der Waals surface area contributed by atoms with Crippen molar-refractivity contribution >= 4 is 23.2 Å². The fourth-order valence-electron chi connectivity index (χ4n) is 2.13. The van der Waals surface area contributed by atoms with Crippen LogP contribution in [0.4, 0.5) is 17.3 Å². The summed E-state index contributed by atoms with van der Waals surface area (Å²) in [6.45, 7) is 0. The highest BCUT2D eigenvalue weighted by molar-refractivity contribution is 6.03. The number of carbonyl (C=O) groups excluding carboxylic acids is 1. The molecule has 128 valence electrons. The molecule has 0 aliphatic heterocycles. The van der Waals surface area contributed by atoms with Crippen LogP contribution >= 0.6 is 0 Å². The predicted octanol–water partition coefficient (Wildman–Crippen LogP) is 1.17. The molecule has 0 saturated carbocycles. The third-order valence-electron chi connectivity index (χ3n) is 3.49. The van der Waals surface area contributed by atoms with Gasteiger partial charge in [0.25, 0.3) is 5.91 Å². The zero-order chi connectivity index (χ0) is 18.0. The van der Waals surface area contributed by atoms with Gasteiger partial charge in [0.15, 0.2) is 5.82 Å². The summed E-state index contributed by atoms with van der Waals surface area (Å²) in [5, 5.41) is 6.79. The van der Waals surface area contributed by atoms with Crippen molar-refractivity contribution in [3.05, 3.63) is 42.6 Å². The number of carbonyl (C=O) groups is 1. The smallest absolute Gasteiger partial charge is 0.277 e. The summed E-state index contributed by atoms with van der Waals surface area (Å²) in [6.07, 6.45) is 6.45. The second-order valence-corrected chi connectivity index (χ2v) is 5.65. The molecule has 0 spiro atoms. The highest BCUT2D eigenvalue weighted by Gasteiger charge is 2.13. The number of hydrogen-bond acceptors (Lipinski definition) is 7. The zero-order valence-corrected chi connectivity index (χ0v) is 14.1. The Balaban J connectivity index is 1.83. The first kappa shape index (κ1) is 16.4. The number of hydrogen-bond donors (Lipinski definition) is 2. The van der Waals surface area contributed by atoms with Crippen LogP contribution in [0.1, 0.15) is 10.5 Å². The van der Waals surface area contributed by atoms with Crippen LogP contribution in [0.15, 0.2) is 36.9 Å². The average Bonchev–Trinajstić information content (AvgIpc) is 3.03. The fraction of sp³-hybridized carbons (Fsp3) is 0.188. The van der Waals surface area contributed by atoms with Crippen molar-refractivity contribution in [3.63, 3.8) is 0 Å². The SMILES string of the molecule is CN(C)c1cnc(C(=O)Nc2nc(-c3cnn(C)c3)ccc2N)cn1. The summed E-state index contributed by atoms with van der Waals surface area (Å²) in [7, 11) is 5.51. The van der Waals surface area contributed by atoms with Crippen molar-refractivity contribution in [3.8, 4) is 11.3 Å². The molecule has 9 heteroatoms. The number of aryl methyl sites for hydroxylation is 1. The zero-order valence-electron chi connectivity index (χ0n) is 14.1. The van der Waals surface area contributed by atoms with E-state index in [0.29, 0.717) is 17.2 Å². The van der Waals surface area contributed by atoms with Crippen LogP contribution in [0.2, 0.25) is 0 Å². The Morgan fingerprint density at radius 3 is 2.60 bits per heavy atom. The number of anilines is 3. The molecule has 0 fully saturated rings. The number of nitrogens with two attached hydrogens (primary N) is 1. The van der Waals surface area contributed by atoms with E-state index < -0.39 is 5.91 Å². The Bertz CT molecular complexity index is 901. The topological polar surface area (TPSA) is 115 Å². The Labute approximate surface area is 144 Å². The van der Waals surface area contributed by atoms with Crippen LogP contribution in [0.25, 0.3) is 11.3 Å². The highest BCUT2D eigenvalue weighted by Crippen LogP contribution is 2.23. The first-order valence-electron chi connectivity index (χ1n) is 7.50. The van der Waals surface area contributed by atoms with Crippen molar-refractivity contribution in [1.82, 2.24) is 24.7 Å². The van der Waals surface area contributed by atoms with E-state index in [9.17, 15) is 4.79 Å². The van der Waals surface area contributed by atoms with Gasteiger partial charge in [-0.1, -0.05) is 0 Å². The maximum absolute atomic E-state index is 12.4. The summed E-state index contributed by atoms with van der Waals surface area (Å²) >= 11 is 0.